The van der Waals surface area contributed by atoms with E-state index in [1.54, 1.807) is 6.08 Å². The van der Waals surface area contributed by atoms with Gasteiger partial charge >= 0.3 is 12.0 Å². The summed E-state index contributed by atoms with van der Waals surface area (Å²) in [6, 6.07) is -0.552. The Morgan fingerprint density at radius 2 is 1.70 bits per heavy atom. The molecule has 0 saturated carbocycles. The van der Waals surface area contributed by atoms with Crippen LogP contribution >= 0.6 is 0 Å². The first kappa shape index (κ1) is 18.1. The number of urea groups is 1. The van der Waals surface area contributed by atoms with Gasteiger partial charge in [0.1, 0.15) is 0 Å². The van der Waals surface area contributed by atoms with E-state index in [1.165, 1.54) is 18.7 Å². The molecule has 0 aromatic rings. The van der Waals surface area contributed by atoms with Crippen LogP contribution in [0.1, 0.15) is 41.0 Å². The summed E-state index contributed by atoms with van der Waals surface area (Å²) in [6.45, 7) is 12.2. The van der Waals surface area contributed by atoms with Crippen LogP contribution in [0.3, 0.4) is 0 Å². The molecule has 0 spiro atoms. The second-order valence-corrected chi connectivity index (χ2v) is 6.29. The van der Waals surface area contributed by atoms with Crippen molar-refractivity contribution in [2.75, 3.05) is 6.54 Å². The van der Waals surface area contributed by atoms with Crippen LogP contribution in [-0.2, 0) is 9.59 Å². The number of aliphatic carboxylic acids is 1. The molecule has 0 rings (SSSR count). The summed E-state index contributed by atoms with van der Waals surface area (Å²) in [7, 11) is 0. The van der Waals surface area contributed by atoms with Crippen LogP contribution in [-0.4, -0.2) is 40.0 Å². The molecule has 0 bridgehead atoms. The predicted octanol–water partition coefficient (Wildman–Crippen LogP) is 2.01. The monoisotopic (exact) mass is 284 g/mol. The number of hydrogen-bond acceptors (Lipinski definition) is 3. The van der Waals surface area contributed by atoms with Crippen LogP contribution in [0.4, 0.5) is 4.79 Å². The lowest BCUT2D eigenvalue weighted by Gasteiger charge is -2.34. The second-order valence-electron chi connectivity index (χ2n) is 6.29. The van der Waals surface area contributed by atoms with Crippen LogP contribution in [0.25, 0.3) is 0 Å². The Morgan fingerprint density at radius 1 is 1.20 bits per heavy atom. The molecule has 0 fully saturated rings. The molecular weight excluding hydrogens is 260 g/mol. The lowest BCUT2D eigenvalue weighted by molar-refractivity contribution is -0.149. The van der Waals surface area contributed by atoms with Gasteiger partial charge in [0, 0.05) is 18.5 Å². The van der Waals surface area contributed by atoms with E-state index in [4.69, 9.17) is 5.11 Å². The van der Waals surface area contributed by atoms with Crippen LogP contribution < -0.4 is 5.32 Å². The maximum Gasteiger partial charge on any atom is 0.324 e. The number of nitrogens with one attached hydrogen (secondary N) is 1. The lowest BCUT2D eigenvalue weighted by Crippen LogP contribution is -2.52. The Labute approximate surface area is 119 Å². The number of rotatable bonds is 5. The van der Waals surface area contributed by atoms with Crippen molar-refractivity contribution in [1.82, 2.24) is 10.2 Å². The van der Waals surface area contributed by atoms with Crippen molar-refractivity contribution in [2.24, 2.45) is 5.41 Å². The van der Waals surface area contributed by atoms with Crippen molar-refractivity contribution in [2.45, 2.75) is 46.6 Å². The summed E-state index contributed by atoms with van der Waals surface area (Å²) in [5.41, 5.74) is -1.68. The molecule has 0 aromatic carbocycles. The minimum absolute atomic E-state index is 0.264. The Morgan fingerprint density at radius 3 is 2.05 bits per heavy atom. The van der Waals surface area contributed by atoms with Gasteiger partial charge in [-0.25, -0.2) is 4.79 Å². The first-order valence-corrected chi connectivity index (χ1v) is 6.37. The summed E-state index contributed by atoms with van der Waals surface area (Å²) in [4.78, 5) is 36.2. The Bertz CT molecular complexity index is 408. The van der Waals surface area contributed by atoms with E-state index in [2.05, 4.69) is 11.9 Å². The van der Waals surface area contributed by atoms with Crippen LogP contribution in [0.2, 0.25) is 0 Å². The molecule has 0 atom stereocenters. The highest BCUT2D eigenvalue weighted by Gasteiger charge is 2.32. The maximum atomic E-state index is 12.0. The average molecular weight is 284 g/mol. The van der Waals surface area contributed by atoms with Crippen LogP contribution in [0.5, 0.6) is 0 Å². The molecule has 0 saturated heterocycles. The smallest absolute Gasteiger partial charge is 0.324 e. The van der Waals surface area contributed by atoms with E-state index >= 15 is 0 Å². The van der Waals surface area contributed by atoms with Gasteiger partial charge in [-0.1, -0.05) is 6.08 Å². The fourth-order valence-corrected chi connectivity index (χ4v) is 1.50. The second kappa shape index (κ2) is 6.54. The number of carbonyl (C=O) groups excluding carboxylic acids is 2. The summed E-state index contributed by atoms with van der Waals surface area (Å²) < 4.78 is 0. The molecule has 0 radical (unpaired) electrons. The summed E-state index contributed by atoms with van der Waals surface area (Å²) in [5.74, 6) is -1.69. The van der Waals surface area contributed by atoms with Crippen LogP contribution in [0.15, 0.2) is 12.7 Å². The van der Waals surface area contributed by atoms with E-state index in [-0.39, 0.29) is 6.42 Å². The number of carbonyl (C=O) groups is 3. The van der Waals surface area contributed by atoms with E-state index < -0.39 is 28.9 Å². The molecular formula is C14H24N2O4. The molecule has 2 N–H and O–H groups in total. The molecule has 0 aromatic heterocycles. The zero-order valence-corrected chi connectivity index (χ0v) is 12.8. The third-order valence-electron chi connectivity index (χ3n) is 2.79. The molecule has 0 aliphatic heterocycles. The van der Waals surface area contributed by atoms with Gasteiger partial charge in [0.25, 0.3) is 0 Å². The van der Waals surface area contributed by atoms with Crippen molar-refractivity contribution in [1.29, 1.82) is 0 Å². The Balaban J connectivity index is 4.78. The molecule has 114 valence electrons. The van der Waals surface area contributed by atoms with Crippen molar-refractivity contribution in [3.63, 3.8) is 0 Å². The van der Waals surface area contributed by atoms with Crippen molar-refractivity contribution < 1.29 is 19.5 Å². The van der Waals surface area contributed by atoms with E-state index in [0.29, 0.717) is 6.54 Å². The third-order valence-corrected chi connectivity index (χ3v) is 2.79. The maximum absolute atomic E-state index is 12.0. The van der Waals surface area contributed by atoms with Gasteiger partial charge in [-0.05, 0) is 34.6 Å². The average Bonchev–Trinajstić information content (AvgIpc) is 2.22. The Hall–Kier alpha value is -1.85. The van der Waals surface area contributed by atoms with Gasteiger partial charge in [0.2, 0.25) is 5.91 Å². The number of nitrogens with zero attached hydrogens (tertiary/aromatic N) is 1. The van der Waals surface area contributed by atoms with E-state index in [0.717, 1.165) is 0 Å². The molecule has 6 heteroatoms. The van der Waals surface area contributed by atoms with Gasteiger partial charge in [0.05, 0.1) is 5.41 Å². The lowest BCUT2D eigenvalue weighted by atomic mass is 9.89. The number of imide groups is 1. The van der Waals surface area contributed by atoms with Crippen LogP contribution in [0, 0.1) is 5.41 Å². The normalized spacial score (nSPS) is 11.7. The van der Waals surface area contributed by atoms with Gasteiger partial charge in [-0.2, -0.15) is 0 Å². The quantitative estimate of drug-likeness (QED) is 0.756. The third kappa shape index (κ3) is 5.42. The highest BCUT2D eigenvalue weighted by atomic mass is 16.4. The minimum atomic E-state index is -1.21. The largest absolute Gasteiger partial charge is 0.481 e. The molecule has 0 unspecified atom stereocenters. The van der Waals surface area contributed by atoms with Crippen molar-refractivity contribution in [3.05, 3.63) is 12.7 Å². The minimum Gasteiger partial charge on any atom is -0.481 e. The predicted molar refractivity (Wildman–Crippen MR) is 76.2 cm³/mol. The number of carboxylic acids is 1. The fourth-order valence-electron chi connectivity index (χ4n) is 1.50. The SMILES string of the molecule is C=CCN(C(=O)NC(=O)CC(C)(C)C(=O)O)C(C)(C)C. The summed E-state index contributed by atoms with van der Waals surface area (Å²) in [5, 5.41) is 11.2. The molecule has 0 aliphatic carbocycles. The van der Waals surface area contributed by atoms with Crippen molar-refractivity contribution in [3.8, 4) is 0 Å². The molecule has 3 amide bonds. The fraction of sp³-hybridized carbons (Fsp3) is 0.643. The van der Waals surface area contributed by atoms with Gasteiger partial charge in [-0.15, -0.1) is 6.58 Å². The number of carboxylic acid groups (broad SMARTS) is 1. The van der Waals surface area contributed by atoms with E-state index in [1.807, 2.05) is 20.8 Å². The highest BCUT2D eigenvalue weighted by molar-refractivity contribution is 5.96. The number of amides is 3. The standard InChI is InChI=1S/C14H24N2O4/c1-7-8-16(13(2,3)4)12(20)15-10(17)9-14(5,6)11(18)19/h7H,1,8-9H2,2-6H3,(H,18,19)(H,15,17,20). The molecule has 0 aliphatic rings. The molecule has 0 heterocycles. The Kier molecular flexibility index (Phi) is 5.94. The summed E-state index contributed by atoms with van der Waals surface area (Å²) in [6.07, 6.45) is 1.30. The van der Waals surface area contributed by atoms with Gasteiger partial charge < -0.3 is 10.0 Å². The van der Waals surface area contributed by atoms with Gasteiger partial charge in [0.15, 0.2) is 0 Å². The summed E-state index contributed by atoms with van der Waals surface area (Å²) >= 11 is 0. The number of hydrogen-bond donors (Lipinski definition) is 2. The topological polar surface area (TPSA) is 86.7 Å². The highest BCUT2D eigenvalue weighted by Crippen LogP contribution is 2.20. The molecule has 6 nitrogen and oxygen atoms in total. The van der Waals surface area contributed by atoms with E-state index in [9.17, 15) is 14.4 Å². The van der Waals surface area contributed by atoms with Gasteiger partial charge in [-0.3, -0.25) is 14.9 Å². The van der Waals surface area contributed by atoms with Crippen molar-refractivity contribution >= 4 is 17.9 Å². The zero-order valence-electron chi connectivity index (χ0n) is 12.8. The first-order chi connectivity index (χ1) is 8.91. The molecule has 20 heavy (non-hydrogen) atoms. The zero-order chi connectivity index (χ0) is 16.1. The first-order valence-electron chi connectivity index (χ1n) is 6.37.